The first kappa shape index (κ1) is 16.3. The molecule has 0 radical (unpaired) electrons. The van der Waals surface area contributed by atoms with Crippen LogP contribution in [0.4, 0.5) is 0 Å². The van der Waals surface area contributed by atoms with Crippen LogP contribution in [0.1, 0.15) is 16.2 Å². The van der Waals surface area contributed by atoms with Crippen molar-refractivity contribution in [3.05, 3.63) is 59.1 Å². The van der Waals surface area contributed by atoms with Crippen molar-refractivity contribution in [2.45, 2.75) is 6.92 Å². The SMILES string of the molecule is Cc1nn(C)cc1-c1cc(C(=O)O)n2ncc(-c3ccc(Cl)cc3)c2n1. The van der Waals surface area contributed by atoms with Crippen molar-refractivity contribution in [3.8, 4) is 22.4 Å². The second kappa shape index (κ2) is 5.96. The van der Waals surface area contributed by atoms with E-state index in [4.69, 9.17) is 11.6 Å². The number of hydrogen-bond donors (Lipinski definition) is 1. The van der Waals surface area contributed by atoms with Crippen LogP contribution in [0.2, 0.25) is 5.02 Å². The second-order valence-electron chi connectivity index (χ2n) is 5.93. The number of halogens is 1. The Morgan fingerprint density at radius 1 is 1.19 bits per heavy atom. The molecule has 4 aromatic rings. The molecule has 0 spiro atoms. The quantitative estimate of drug-likeness (QED) is 0.599. The van der Waals surface area contributed by atoms with Crippen LogP contribution in [-0.4, -0.2) is 35.5 Å². The van der Waals surface area contributed by atoms with E-state index in [9.17, 15) is 9.90 Å². The van der Waals surface area contributed by atoms with E-state index in [-0.39, 0.29) is 5.69 Å². The summed E-state index contributed by atoms with van der Waals surface area (Å²) in [5.74, 6) is -1.08. The number of hydrogen-bond acceptors (Lipinski definition) is 4. The summed E-state index contributed by atoms with van der Waals surface area (Å²) >= 11 is 5.96. The van der Waals surface area contributed by atoms with Gasteiger partial charge in [0.05, 0.1) is 17.6 Å². The third kappa shape index (κ3) is 2.62. The molecule has 130 valence electrons. The largest absolute Gasteiger partial charge is 0.477 e. The summed E-state index contributed by atoms with van der Waals surface area (Å²) in [5, 5.41) is 18.8. The number of benzene rings is 1. The maximum absolute atomic E-state index is 11.8. The fraction of sp³-hybridized carbons (Fsp3) is 0.111. The Balaban J connectivity index is 2.01. The van der Waals surface area contributed by atoms with Crippen molar-refractivity contribution in [3.63, 3.8) is 0 Å². The number of carbonyl (C=O) groups is 1. The van der Waals surface area contributed by atoms with Gasteiger partial charge in [0.25, 0.3) is 0 Å². The van der Waals surface area contributed by atoms with Crippen LogP contribution in [-0.2, 0) is 7.05 Å². The topological polar surface area (TPSA) is 85.3 Å². The standard InChI is InChI=1S/C18H14ClN5O2/c1-10-14(9-23(2)22-10)15-7-16(18(25)26)24-17(21-15)13(8-20-24)11-3-5-12(19)6-4-11/h3-9H,1-2H3,(H,25,26). The van der Waals surface area contributed by atoms with Crippen LogP contribution in [0.15, 0.2) is 42.7 Å². The molecule has 0 saturated heterocycles. The van der Waals surface area contributed by atoms with Crippen molar-refractivity contribution in [1.82, 2.24) is 24.4 Å². The van der Waals surface area contributed by atoms with E-state index in [1.807, 2.05) is 32.3 Å². The first-order valence-corrected chi connectivity index (χ1v) is 8.20. The van der Waals surface area contributed by atoms with Gasteiger partial charge in [-0.25, -0.2) is 14.3 Å². The zero-order chi connectivity index (χ0) is 18.4. The van der Waals surface area contributed by atoms with E-state index < -0.39 is 5.97 Å². The highest BCUT2D eigenvalue weighted by Crippen LogP contribution is 2.29. The van der Waals surface area contributed by atoms with Crippen molar-refractivity contribution >= 4 is 23.2 Å². The average molecular weight is 368 g/mol. The molecule has 0 fully saturated rings. The molecule has 0 unspecified atom stereocenters. The van der Waals surface area contributed by atoms with Crippen molar-refractivity contribution in [2.75, 3.05) is 0 Å². The third-order valence-corrected chi connectivity index (χ3v) is 4.39. The van der Waals surface area contributed by atoms with Crippen LogP contribution < -0.4 is 0 Å². The Hall–Kier alpha value is -3.19. The summed E-state index contributed by atoms with van der Waals surface area (Å²) in [5.41, 5.74) is 4.17. The molecule has 0 aliphatic heterocycles. The number of aryl methyl sites for hydroxylation is 2. The minimum Gasteiger partial charge on any atom is -0.477 e. The molecule has 3 aromatic heterocycles. The highest BCUT2D eigenvalue weighted by Gasteiger charge is 2.19. The van der Waals surface area contributed by atoms with Crippen LogP contribution in [0, 0.1) is 6.92 Å². The minimum absolute atomic E-state index is 0.0356. The number of aromatic carboxylic acids is 1. The molecule has 0 saturated carbocycles. The molecule has 3 heterocycles. The van der Waals surface area contributed by atoms with Gasteiger partial charge >= 0.3 is 5.97 Å². The molecule has 7 nitrogen and oxygen atoms in total. The molecule has 1 N–H and O–H groups in total. The van der Waals surface area contributed by atoms with E-state index in [1.54, 1.807) is 23.0 Å². The predicted molar refractivity (Wildman–Crippen MR) is 97.3 cm³/mol. The summed E-state index contributed by atoms with van der Waals surface area (Å²) in [6.07, 6.45) is 3.43. The number of carboxylic acid groups (broad SMARTS) is 1. The normalized spacial score (nSPS) is 11.2. The molecule has 8 heteroatoms. The Morgan fingerprint density at radius 2 is 1.92 bits per heavy atom. The Bertz CT molecular complexity index is 1140. The average Bonchev–Trinajstić information content (AvgIpc) is 3.17. The zero-order valence-corrected chi connectivity index (χ0v) is 14.8. The zero-order valence-electron chi connectivity index (χ0n) is 14.0. The van der Waals surface area contributed by atoms with Gasteiger partial charge in [-0.3, -0.25) is 4.68 Å². The number of nitrogens with zero attached hydrogens (tertiary/aromatic N) is 5. The maximum atomic E-state index is 11.8. The first-order valence-electron chi connectivity index (χ1n) is 7.82. The van der Waals surface area contributed by atoms with Crippen LogP contribution >= 0.6 is 11.6 Å². The molecular weight excluding hydrogens is 354 g/mol. The van der Waals surface area contributed by atoms with E-state index in [0.717, 1.165) is 22.4 Å². The first-order chi connectivity index (χ1) is 12.4. The smallest absolute Gasteiger partial charge is 0.354 e. The van der Waals surface area contributed by atoms with Crippen molar-refractivity contribution in [1.29, 1.82) is 0 Å². The monoisotopic (exact) mass is 367 g/mol. The molecule has 0 aliphatic rings. The van der Waals surface area contributed by atoms with Crippen LogP contribution in [0.5, 0.6) is 0 Å². The Kier molecular flexibility index (Phi) is 3.73. The van der Waals surface area contributed by atoms with Gasteiger partial charge in [-0.05, 0) is 30.7 Å². The molecule has 0 bridgehead atoms. The van der Waals surface area contributed by atoms with E-state index >= 15 is 0 Å². The van der Waals surface area contributed by atoms with Gasteiger partial charge in [0, 0.05) is 29.4 Å². The Morgan fingerprint density at radius 3 is 2.54 bits per heavy atom. The lowest BCUT2D eigenvalue weighted by atomic mass is 10.1. The fourth-order valence-electron chi connectivity index (χ4n) is 2.94. The maximum Gasteiger partial charge on any atom is 0.354 e. The van der Waals surface area contributed by atoms with Gasteiger partial charge in [-0.15, -0.1) is 0 Å². The van der Waals surface area contributed by atoms with Crippen molar-refractivity contribution < 1.29 is 9.90 Å². The molecular formula is C18H14ClN5O2. The van der Waals surface area contributed by atoms with Gasteiger partial charge in [-0.1, -0.05) is 23.7 Å². The summed E-state index contributed by atoms with van der Waals surface area (Å²) in [6.45, 7) is 1.86. The summed E-state index contributed by atoms with van der Waals surface area (Å²) in [7, 11) is 1.81. The highest BCUT2D eigenvalue weighted by molar-refractivity contribution is 6.30. The molecule has 26 heavy (non-hydrogen) atoms. The van der Waals surface area contributed by atoms with Gasteiger partial charge in [0.2, 0.25) is 0 Å². The van der Waals surface area contributed by atoms with Crippen LogP contribution in [0.25, 0.3) is 28.0 Å². The van der Waals surface area contributed by atoms with Gasteiger partial charge < -0.3 is 5.11 Å². The summed E-state index contributed by atoms with van der Waals surface area (Å²) in [4.78, 5) is 16.4. The summed E-state index contributed by atoms with van der Waals surface area (Å²) < 4.78 is 3.01. The van der Waals surface area contributed by atoms with Crippen molar-refractivity contribution in [2.24, 2.45) is 7.05 Å². The van der Waals surface area contributed by atoms with Gasteiger partial charge in [0.15, 0.2) is 11.3 Å². The lowest BCUT2D eigenvalue weighted by molar-refractivity contribution is 0.0687. The number of carboxylic acids is 1. The van der Waals surface area contributed by atoms with E-state index in [2.05, 4.69) is 15.2 Å². The molecule has 0 atom stereocenters. The highest BCUT2D eigenvalue weighted by atomic mass is 35.5. The molecule has 1 aromatic carbocycles. The van der Waals surface area contributed by atoms with Gasteiger partial charge in [0.1, 0.15) is 0 Å². The molecule has 4 rings (SSSR count). The number of rotatable bonds is 3. The third-order valence-electron chi connectivity index (χ3n) is 4.14. The number of fused-ring (bicyclic) bond motifs is 1. The predicted octanol–water partition coefficient (Wildman–Crippen LogP) is 3.46. The molecule has 0 amide bonds. The Labute approximate surface area is 153 Å². The van der Waals surface area contributed by atoms with E-state index in [1.165, 1.54) is 10.6 Å². The molecule has 0 aliphatic carbocycles. The lowest BCUT2D eigenvalue weighted by Gasteiger charge is -2.06. The minimum atomic E-state index is -1.08. The number of aromatic nitrogens is 5. The van der Waals surface area contributed by atoms with E-state index in [0.29, 0.717) is 16.4 Å². The summed E-state index contributed by atoms with van der Waals surface area (Å²) in [6, 6.07) is 8.76. The lowest BCUT2D eigenvalue weighted by Crippen LogP contribution is -2.08. The van der Waals surface area contributed by atoms with Gasteiger partial charge in [-0.2, -0.15) is 10.2 Å². The fourth-order valence-corrected chi connectivity index (χ4v) is 3.06. The second-order valence-corrected chi connectivity index (χ2v) is 6.37. The van der Waals surface area contributed by atoms with Crippen LogP contribution in [0.3, 0.4) is 0 Å².